The molecule has 4 rings (SSSR count). The molecule has 1 fully saturated rings. The molecule has 1 N–H and O–H groups in total. The number of methoxy groups -OCH3 is 1. The first-order chi connectivity index (χ1) is 16.0. The van der Waals surface area contributed by atoms with Crippen molar-refractivity contribution < 1.29 is 9.84 Å². The minimum atomic E-state index is -0.420. The molecule has 174 valence electrons. The number of hydrogen-bond donors (Lipinski definition) is 1. The van der Waals surface area contributed by atoms with Crippen LogP contribution in [-0.2, 0) is 11.3 Å². The van der Waals surface area contributed by atoms with Gasteiger partial charge in [-0.3, -0.25) is 9.69 Å². The number of aromatic hydroxyl groups is 1. The van der Waals surface area contributed by atoms with Crippen LogP contribution in [0.3, 0.4) is 0 Å². The Morgan fingerprint density at radius 3 is 2.58 bits per heavy atom. The first-order valence-corrected chi connectivity index (χ1v) is 11.4. The third-order valence-electron chi connectivity index (χ3n) is 6.13. The second-order valence-corrected chi connectivity index (χ2v) is 8.64. The third-order valence-corrected chi connectivity index (χ3v) is 6.37. The van der Waals surface area contributed by atoms with Crippen molar-refractivity contribution in [1.82, 2.24) is 14.5 Å². The van der Waals surface area contributed by atoms with Crippen LogP contribution in [0.5, 0.6) is 5.75 Å². The Morgan fingerprint density at radius 2 is 1.91 bits per heavy atom. The maximum Gasteiger partial charge on any atom is 0.259 e. The van der Waals surface area contributed by atoms with Gasteiger partial charge in [0.25, 0.3) is 5.56 Å². The van der Waals surface area contributed by atoms with Crippen LogP contribution in [0.4, 0.5) is 5.82 Å². The van der Waals surface area contributed by atoms with E-state index in [1.54, 1.807) is 23.9 Å². The number of anilines is 1. The molecule has 1 unspecified atom stereocenters. The van der Waals surface area contributed by atoms with Crippen LogP contribution in [0.25, 0.3) is 0 Å². The van der Waals surface area contributed by atoms with Crippen molar-refractivity contribution in [3.8, 4) is 5.75 Å². The third kappa shape index (κ3) is 5.05. The topological polar surface area (TPSA) is 70.8 Å². The van der Waals surface area contributed by atoms with Gasteiger partial charge in [0, 0.05) is 56.7 Å². The standard InChI is InChI=1S/C25H29ClN4O3/c1-18-16-21(31)23(25(32)30(18)14-15-33-2)24(19-6-5-7-20(26)17-19)29-12-10-28(11-13-29)22-8-3-4-9-27-22/h3-9,16-17,24,31H,10-15H2,1-2H3. The lowest BCUT2D eigenvalue weighted by molar-refractivity contribution is 0.183. The van der Waals surface area contributed by atoms with Crippen molar-refractivity contribution in [3.63, 3.8) is 0 Å². The molecule has 0 radical (unpaired) electrons. The summed E-state index contributed by atoms with van der Waals surface area (Å²) in [5.41, 5.74) is 1.73. The van der Waals surface area contributed by atoms with Crippen molar-refractivity contribution in [1.29, 1.82) is 0 Å². The summed E-state index contributed by atoms with van der Waals surface area (Å²) < 4.78 is 6.86. The number of aromatic nitrogens is 2. The molecule has 8 heteroatoms. The molecule has 33 heavy (non-hydrogen) atoms. The van der Waals surface area contributed by atoms with Crippen molar-refractivity contribution >= 4 is 17.4 Å². The van der Waals surface area contributed by atoms with E-state index in [0.29, 0.717) is 42.5 Å². The summed E-state index contributed by atoms with van der Waals surface area (Å²) in [5.74, 6) is 0.944. The Labute approximate surface area is 198 Å². The van der Waals surface area contributed by atoms with Crippen molar-refractivity contribution in [2.75, 3.05) is 44.8 Å². The van der Waals surface area contributed by atoms with Gasteiger partial charge in [-0.1, -0.05) is 29.8 Å². The maximum absolute atomic E-state index is 13.6. The highest BCUT2D eigenvalue weighted by atomic mass is 35.5. The lowest BCUT2D eigenvalue weighted by atomic mass is 9.96. The summed E-state index contributed by atoms with van der Waals surface area (Å²) in [4.78, 5) is 22.5. The zero-order valence-corrected chi connectivity index (χ0v) is 19.7. The van der Waals surface area contributed by atoms with Crippen LogP contribution in [-0.4, -0.2) is 59.5 Å². The molecule has 1 aliphatic heterocycles. The lowest BCUT2D eigenvalue weighted by Crippen LogP contribution is -2.49. The summed E-state index contributed by atoms with van der Waals surface area (Å²) in [6.07, 6.45) is 1.79. The molecule has 1 aromatic carbocycles. The van der Waals surface area contributed by atoms with Gasteiger partial charge in [0.15, 0.2) is 0 Å². The highest BCUT2D eigenvalue weighted by molar-refractivity contribution is 6.30. The number of hydrogen-bond acceptors (Lipinski definition) is 6. The number of piperazine rings is 1. The number of benzene rings is 1. The molecule has 1 aliphatic rings. The summed E-state index contributed by atoms with van der Waals surface area (Å²) in [6.45, 7) is 5.59. The lowest BCUT2D eigenvalue weighted by Gasteiger charge is -2.40. The highest BCUT2D eigenvalue weighted by Crippen LogP contribution is 2.34. The van der Waals surface area contributed by atoms with Crippen molar-refractivity contribution in [3.05, 3.63) is 86.9 Å². The predicted octanol–water partition coefficient (Wildman–Crippen LogP) is 3.47. The van der Waals surface area contributed by atoms with Crippen molar-refractivity contribution in [2.24, 2.45) is 0 Å². The van der Waals surface area contributed by atoms with E-state index in [0.717, 1.165) is 24.5 Å². The fourth-order valence-electron chi connectivity index (χ4n) is 4.47. The molecule has 0 amide bonds. The SMILES string of the molecule is COCCn1c(C)cc(O)c(C(c2cccc(Cl)c2)N2CCN(c3ccccn3)CC2)c1=O. The van der Waals surface area contributed by atoms with Crippen LogP contribution in [0.2, 0.25) is 5.02 Å². The predicted molar refractivity (Wildman–Crippen MR) is 130 cm³/mol. The molecule has 0 bridgehead atoms. The molecular formula is C25H29ClN4O3. The molecule has 0 spiro atoms. The van der Waals surface area contributed by atoms with E-state index >= 15 is 0 Å². The molecule has 0 aliphatic carbocycles. The maximum atomic E-state index is 13.6. The van der Waals surface area contributed by atoms with Gasteiger partial charge in [-0.05, 0) is 42.8 Å². The zero-order valence-electron chi connectivity index (χ0n) is 18.9. The molecule has 3 aromatic rings. The monoisotopic (exact) mass is 468 g/mol. The van der Waals surface area contributed by atoms with Gasteiger partial charge in [-0.15, -0.1) is 0 Å². The average Bonchev–Trinajstić information content (AvgIpc) is 2.82. The van der Waals surface area contributed by atoms with Gasteiger partial charge in [0.1, 0.15) is 11.6 Å². The second kappa shape index (κ2) is 10.4. The van der Waals surface area contributed by atoms with Gasteiger partial charge in [0.05, 0.1) is 18.2 Å². The molecule has 1 saturated heterocycles. The number of aryl methyl sites for hydroxylation is 1. The van der Waals surface area contributed by atoms with E-state index in [-0.39, 0.29) is 11.3 Å². The number of pyridine rings is 2. The van der Waals surface area contributed by atoms with Gasteiger partial charge < -0.3 is 19.3 Å². The average molecular weight is 469 g/mol. The van der Waals surface area contributed by atoms with Gasteiger partial charge in [-0.25, -0.2) is 4.98 Å². The molecule has 7 nitrogen and oxygen atoms in total. The molecule has 3 heterocycles. The minimum Gasteiger partial charge on any atom is -0.507 e. The number of ether oxygens (including phenoxy) is 1. The smallest absolute Gasteiger partial charge is 0.259 e. The Morgan fingerprint density at radius 1 is 1.12 bits per heavy atom. The number of nitrogens with zero attached hydrogens (tertiary/aromatic N) is 4. The van der Waals surface area contributed by atoms with Crippen LogP contribution >= 0.6 is 11.6 Å². The van der Waals surface area contributed by atoms with Crippen LogP contribution in [0.1, 0.15) is 22.9 Å². The first kappa shape index (κ1) is 23.3. The summed E-state index contributed by atoms with van der Waals surface area (Å²) in [6, 6.07) is 14.7. The van der Waals surface area contributed by atoms with Gasteiger partial charge >= 0.3 is 0 Å². The Kier molecular flexibility index (Phi) is 7.33. The Hall–Kier alpha value is -2.87. The van der Waals surface area contributed by atoms with Gasteiger partial charge in [-0.2, -0.15) is 0 Å². The van der Waals surface area contributed by atoms with Crippen molar-refractivity contribution in [2.45, 2.75) is 19.5 Å². The Balaban J connectivity index is 1.73. The van der Waals surface area contributed by atoms with E-state index in [9.17, 15) is 9.90 Å². The fraction of sp³-hybridized carbons (Fsp3) is 0.360. The van der Waals surface area contributed by atoms with E-state index in [4.69, 9.17) is 16.3 Å². The van der Waals surface area contributed by atoms with E-state index in [2.05, 4.69) is 14.8 Å². The quantitative estimate of drug-likeness (QED) is 0.572. The van der Waals surface area contributed by atoms with E-state index in [1.165, 1.54) is 0 Å². The van der Waals surface area contributed by atoms with Crippen LogP contribution in [0, 0.1) is 6.92 Å². The largest absolute Gasteiger partial charge is 0.507 e. The number of rotatable bonds is 7. The molecular weight excluding hydrogens is 440 g/mol. The van der Waals surface area contributed by atoms with E-state index < -0.39 is 6.04 Å². The Bertz CT molecular complexity index is 1140. The molecule has 2 aromatic heterocycles. The minimum absolute atomic E-state index is 0.00305. The zero-order chi connectivity index (χ0) is 23.4. The first-order valence-electron chi connectivity index (χ1n) is 11.1. The van der Waals surface area contributed by atoms with Gasteiger partial charge in [0.2, 0.25) is 0 Å². The summed E-state index contributed by atoms with van der Waals surface area (Å²) in [5, 5.41) is 11.6. The highest BCUT2D eigenvalue weighted by Gasteiger charge is 2.31. The number of halogens is 1. The molecule has 1 atom stereocenters. The van der Waals surface area contributed by atoms with Crippen LogP contribution < -0.4 is 10.5 Å². The summed E-state index contributed by atoms with van der Waals surface area (Å²) in [7, 11) is 1.61. The normalized spacial score (nSPS) is 15.5. The van der Waals surface area contributed by atoms with Crippen LogP contribution in [0.15, 0.2) is 59.5 Å². The molecule has 0 saturated carbocycles. The summed E-state index contributed by atoms with van der Waals surface area (Å²) >= 11 is 6.33. The van der Waals surface area contributed by atoms with E-state index in [1.807, 2.05) is 49.4 Å². The second-order valence-electron chi connectivity index (χ2n) is 8.20. The fourth-order valence-corrected chi connectivity index (χ4v) is 4.67.